The lowest BCUT2D eigenvalue weighted by Gasteiger charge is -2.32. The van der Waals surface area contributed by atoms with Crippen molar-refractivity contribution < 1.29 is 9.53 Å². The van der Waals surface area contributed by atoms with Crippen molar-refractivity contribution in [3.63, 3.8) is 0 Å². The van der Waals surface area contributed by atoms with E-state index in [2.05, 4.69) is 44.6 Å². The zero-order chi connectivity index (χ0) is 22.3. The first-order valence-corrected chi connectivity index (χ1v) is 10.6. The monoisotopic (exact) mass is 410 g/mol. The van der Waals surface area contributed by atoms with Crippen LogP contribution in [0.4, 0.5) is 5.69 Å². The average molecular weight is 411 g/mol. The Morgan fingerprint density at radius 2 is 2.10 bits per heavy atom. The van der Waals surface area contributed by atoms with Crippen LogP contribution in [-0.4, -0.2) is 23.4 Å². The molecule has 1 aromatic carbocycles. The van der Waals surface area contributed by atoms with E-state index in [0.29, 0.717) is 29.5 Å². The molecule has 2 N–H and O–H groups in total. The topological polar surface area (TPSA) is 66.0 Å². The summed E-state index contributed by atoms with van der Waals surface area (Å²) in [5.41, 5.74) is 3.89. The maximum absolute atomic E-state index is 13.2. The van der Waals surface area contributed by atoms with Gasteiger partial charge < -0.3 is 15.4 Å². The first-order valence-electron chi connectivity index (χ1n) is 10.6. The van der Waals surface area contributed by atoms with Crippen LogP contribution < -0.4 is 15.4 Å². The summed E-state index contributed by atoms with van der Waals surface area (Å²) in [6.07, 6.45) is 4.21. The van der Waals surface area contributed by atoms with Gasteiger partial charge in [-0.25, -0.2) is 5.01 Å². The van der Waals surface area contributed by atoms with Gasteiger partial charge in [0.1, 0.15) is 11.4 Å². The van der Waals surface area contributed by atoms with Crippen molar-refractivity contribution in [3.8, 4) is 5.75 Å². The normalized spacial score (nSPS) is 16.4. The van der Waals surface area contributed by atoms with Gasteiger partial charge in [-0.05, 0) is 62.6 Å². The summed E-state index contributed by atoms with van der Waals surface area (Å²) in [5.74, 6) is 1.17. The van der Waals surface area contributed by atoms with E-state index in [0.717, 1.165) is 36.2 Å². The zero-order valence-electron chi connectivity index (χ0n) is 18.8. The van der Waals surface area contributed by atoms with Gasteiger partial charge in [-0.15, -0.1) is 5.10 Å². The molecule has 0 spiro atoms. The third-order valence-electron chi connectivity index (χ3n) is 5.23. The number of nitrogens with zero attached hydrogens (tertiary/aromatic N) is 2. The molecule has 6 nitrogen and oxygen atoms in total. The number of anilines is 1. The van der Waals surface area contributed by atoms with Crippen LogP contribution in [0, 0.1) is 5.92 Å². The third kappa shape index (κ3) is 5.12. The van der Waals surface area contributed by atoms with Gasteiger partial charge in [0.05, 0.1) is 12.2 Å². The second-order valence-electron chi connectivity index (χ2n) is 7.36. The molecule has 1 atom stereocenters. The number of amidine groups is 1. The van der Waals surface area contributed by atoms with E-state index in [1.54, 1.807) is 11.2 Å². The Morgan fingerprint density at radius 1 is 1.37 bits per heavy atom. The summed E-state index contributed by atoms with van der Waals surface area (Å²) in [6, 6.07) is 5.65. The Hall–Kier alpha value is -3.02. The van der Waals surface area contributed by atoms with Crippen LogP contribution in [0.2, 0.25) is 0 Å². The minimum absolute atomic E-state index is 0.181. The van der Waals surface area contributed by atoms with Crippen LogP contribution in [0.1, 0.15) is 59.4 Å². The van der Waals surface area contributed by atoms with Crippen molar-refractivity contribution in [2.45, 2.75) is 53.9 Å². The molecule has 162 valence electrons. The van der Waals surface area contributed by atoms with E-state index >= 15 is 0 Å². The van der Waals surface area contributed by atoms with Crippen molar-refractivity contribution in [1.29, 1.82) is 0 Å². The SMILES string of the molecule is C=CNc1ccc(OCC)c(C2=NN(C(=C)CCC)/C(=C(/C)C(C)CC)C(=O)N2)c1. The molecule has 0 saturated carbocycles. The Kier molecular flexibility index (Phi) is 8.27. The maximum Gasteiger partial charge on any atom is 0.275 e. The lowest BCUT2D eigenvalue weighted by Crippen LogP contribution is -2.44. The van der Waals surface area contributed by atoms with Crippen molar-refractivity contribution in [2.75, 3.05) is 11.9 Å². The fourth-order valence-electron chi connectivity index (χ4n) is 3.27. The molecule has 1 heterocycles. The molecule has 6 heteroatoms. The molecule has 1 aliphatic rings. The highest BCUT2D eigenvalue weighted by molar-refractivity contribution is 6.15. The number of amides is 1. The van der Waals surface area contributed by atoms with E-state index in [4.69, 9.17) is 9.84 Å². The summed E-state index contributed by atoms with van der Waals surface area (Å²) in [4.78, 5) is 13.2. The van der Waals surface area contributed by atoms with E-state index in [-0.39, 0.29) is 11.8 Å². The van der Waals surface area contributed by atoms with Gasteiger partial charge in [-0.3, -0.25) is 4.79 Å². The fourth-order valence-corrected chi connectivity index (χ4v) is 3.27. The predicted molar refractivity (Wildman–Crippen MR) is 124 cm³/mol. The fraction of sp³-hybridized carbons (Fsp3) is 0.417. The molecule has 0 bridgehead atoms. The summed E-state index contributed by atoms with van der Waals surface area (Å²) < 4.78 is 5.79. The van der Waals surface area contributed by atoms with Crippen LogP contribution in [-0.2, 0) is 4.79 Å². The Labute approximate surface area is 180 Å². The second kappa shape index (κ2) is 10.7. The lowest BCUT2D eigenvalue weighted by atomic mass is 9.96. The Morgan fingerprint density at radius 3 is 2.70 bits per heavy atom. The molecule has 0 fully saturated rings. The quantitative estimate of drug-likeness (QED) is 0.509. The molecule has 0 saturated heterocycles. The summed E-state index contributed by atoms with van der Waals surface area (Å²) in [6.45, 7) is 18.7. The highest BCUT2D eigenvalue weighted by Gasteiger charge is 2.31. The Balaban J connectivity index is 2.64. The molecule has 1 amide bonds. The van der Waals surface area contributed by atoms with E-state index in [1.807, 2.05) is 32.0 Å². The van der Waals surface area contributed by atoms with Gasteiger partial charge in [0, 0.05) is 11.4 Å². The molecular weight excluding hydrogens is 376 g/mol. The van der Waals surface area contributed by atoms with Gasteiger partial charge in [-0.2, -0.15) is 0 Å². The largest absolute Gasteiger partial charge is 0.493 e. The molecule has 1 unspecified atom stereocenters. The van der Waals surface area contributed by atoms with Crippen molar-refractivity contribution >= 4 is 17.4 Å². The number of hydrogen-bond donors (Lipinski definition) is 2. The molecule has 1 aromatic rings. The number of allylic oxidation sites excluding steroid dienone is 2. The van der Waals surface area contributed by atoms with Crippen LogP contribution >= 0.6 is 0 Å². The van der Waals surface area contributed by atoms with Gasteiger partial charge in [-0.1, -0.05) is 40.3 Å². The standard InChI is InChI=1S/C24H34N4O2/c1-8-12-17(6)28-22(18(7)16(5)9-2)24(29)26-23(27-28)20-15-19(25-10-3)13-14-21(20)30-11-4/h10,13-16,25H,3,6,8-9,11-12H2,1-2,4-5,7H3,(H,26,27,29)/b22-18-. The van der Waals surface area contributed by atoms with Crippen molar-refractivity contribution in [2.24, 2.45) is 11.0 Å². The van der Waals surface area contributed by atoms with Crippen molar-refractivity contribution in [3.05, 3.63) is 60.1 Å². The van der Waals surface area contributed by atoms with Gasteiger partial charge in [0.2, 0.25) is 0 Å². The summed E-state index contributed by atoms with van der Waals surface area (Å²) in [5, 5.41) is 12.6. The number of carbonyl (C=O) groups is 1. The molecule has 1 aliphatic heterocycles. The molecule has 0 aromatic heterocycles. The Bertz CT molecular complexity index is 870. The minimum atomic E-state index is -0.181. The molecule has 2 rings (SSSR count). The van der Waals surface area contributed by atoms with Gasteiger partial charge >= 0.3 is 0 Å². The molecule has 0 aliphatic carbocycles. The molecule has 0 radical (unpaired) electrons. The number of nitrogens with one attached hydrogen (secondary N) is 2. The van der Waals surface area contributed by atoms with E-state index in [1.165, 1.54) is 0 Å². The van der Waals surface area contributed by atoms with Crippen molar-refractivity contribution in [1.82, 2.24) is 10.3 Å². The van der Waals surface area contributed by atoms with Gasteiger partial charge in [0.25, 0.3) is 5.91 Å². The van der Waals surface area contributed by atoms with Crippen LogP contribution in [0.15, 0.2) is 59.6 Å². The highest BCUT2D eigenvalue weighted by atomic mass is 16.5. The van der Waals surface area contributed by atoms with Gasteiger partial charge in [0.15, 0.2) is 5.84 Å². The molecule has 30 heavy (non-hydrogen) atoms. The first kappa shape index (κ1) is 23.3. The van der Waals surface area contributed by atoms with Crippen LogP contribution in [0.3, 0.4) is 0 Å². The predicted octanol–water partition coefficient (Wildman–Crippen LogP) is 5.37. The maximum atomic E-state index is 13.2. The van der Waals surface area contributed by atoms with Crippen LogP contribution in [0.25, 0.3) is 0 Å². The number of hydrogen-bond acceptors (Lipinski definition) is 5. The number of ether oxygens (including phenoxy) is 1. The summed E-state index contributed by atoms with van der Waals surface area (Å²) >= 11 is 0. The third-order valence-corrected chi connectivity index (χ3v) is 5.23. The lowest BCUT2D eigenvalue weighted by molar-refractivity contribution is -0.118. The average Bonchev–Trinajstić information content (AvgIpc) is 2.73. The number of rotatable bonds is 10. The zero-order valence-corrected chi connectivity index (χ0v) is 18.8. The number of benzene rings is 1. The number of hydrazone groups is 1. The van der Waals surface area contributed by atoms with E-state index in [9.17, 15) is 4.79 Å². The second-order valence-corrected chi connectivity index (χ2v) is 7.36. The first-order chi connectivity index (χ1) is 14.4. The van der Waals surface area contributed by atoms with E-state index < -0.39 is 0 Å². The highest BCUT2D eigenvalue weighted by Crippen LogP contribution is 2.30. The smallest absolute Gasteiger partial charge is 0.275 e. The minimum Gasteiger partial charge on any atom is -0.493 e. The molecular formula is C24H34N4O2. The number of carbonyl (C=O) groups excluding carboxylic acids is 1. The van der Waals surface area contributed by atoms with Crippen LogP contribution in [0.5, 0.6) is 5.75 Å². The summed E-state index contributed by atoms with van der Waals surface area (Å²) in [7, 11) is 0.